The second-order valence-corrected chi connectivity index (χ2v) is 11.7. The van der Waals surface area contributed by atoms with Crippen LogP contribution in [0.25, 0.3) is 86.2 Å². The van der Waals surface area contributed by atoms with E-state index in [1.807, 2.05) is 0 Å². The summed E-state index contributed by atoms with van der Waals surface area (Å²) in [6, 6.07) is 37.2. The first-order valence-electron chi connectivity index (χ1n) is 14.9. The molecule has 0 fully saturated rings. The van der Waals surface area contributed by atoms with Gasteiger partial charge in [0, 0.05) is 0 Å². The molecule has 0 nitrogen and oxygen atoms in total. The average Bonchev–Trinajstić information content (AvgIpc) is 3.49. The van der Waals surface area contributed by atoms with Crippen LogP contribution in [0.4, 0.5) is 0 Å². The molecule has 0 aliphatic rings. The van der Waals surface area contributed by atoms with Crippen LogP contribution in [0, 0.1) is 0 Å². The van der Waals surface area contributed by atoms with Gasteiger partial charge in [-0.2, -0.15) is 0 Å². The van der Waals surface area contributed by atoms with Crippen molar-refractivity contribution >= 4 is 86.2 Å². The normalized spacial score (nSPS) is 12.7. The van der Waals surface area contributed by atoms with Crippen LogP contribution in [0.2, 0.25) is 0 Å². The Morgan fingerprint density at radius 3 is 1.50 bits per heavy atom. The zero-order chi connectivity index (χ0) is 26.5. The maximum Gasteiger partial charge on any atom is -0.00197 e. The largest absolute Gasteiger partial charge is 0.0651 e. The minimum atomic E-state index is 1.09. The SMILES string of the molecule is CCCc1c2cc3c(cc2c(CCC)c2c4cc5ccccc5c5cccc(c12)c54)c1cccc2cccc3c21. The van der Waals surface area contributed by atoms with Gasteiger partial charge in [0.25, 0.3) is 0 Å². The monoisotopic (exact) mass is 510 g/mol. The van der Waals surface area contributed by atoms with Crippen LogP contribution in [0.3, 0.4) is 0 Å². The molecule has 0 N–H and O–H groups in total. The Labute approximate surface area is 233 Å². The Bertz CT molecular complexity index is 2430. The summed E-state index contributed by atoms with van der Waals surface area (Å²) >= 11 is 0. The maximum atomic E-state index is 2.56. The third kappa shape index (κ3) is 2.71. The van der Waals surface area contributed by atoms with Gasteiger partial charge in [-0.15, -0.1) is 0 Å². The Balaban J connectivity index is 1.59. The number of aryl methyl sites for hydroxylation is 2. The summed E-state index contributed by atoms with van der Waals surface area (Å²) in [4.78, 5) is 0. The van der Waals surface area contributed by atoms with E-state index in [0.29, 0.717) is 0 Å². The van der Waals surface area contributed by atoms with E-state index in [9.17, 15) is 0 Å². The lowest BCUT2D eigenvalue weighted by Gasteiger charge is -2.16. The summed E-state index contributed by atoms with van der Waals surface area (Å²) in [7, 11) is 0. The summed E-state index contributed by atoms with van der Waals surface area (Å²) in [5, 5.41) is 22.7. The zero-order valence-corrected chi connectivity index (χ0v) is 23.1. The summed E-state index contributed by atoms with van der Waals surface area (Å²) in [6.07, 6.45) is 4.44. The third-order valence-electron chi connectivity index (χ3n) is 9.57. The molecule has 40 heavy (non-hydrogen) atoms. The predicted octanol–water partition coefficient (Wildman–Crippen LogP) is 11.7. The first-order chi connectivity index (χ1) is 19.8. The molecule has 9 aromatic carbocycles. The van der Waals surface area contributed by atoms with E-state index < -0.39 is 0 Å². The summed E-state index contributed by atoms with van der Waals surface area (Å²) in [5.74, 6) is 0. The second-order valence-electron chi connectivity index (χ2n) is 11.7. The third-order valence-corrected chi connectivity index (χ3v) is 9.57. The van der Waals surface area contributed by atoms with Crippen molar-refractivity contribution in [1.29, 1.82) is 0 Å². The quantitative estimate of drug-likeness (QED) is 0.207. The Hall–Kier alpha value is -4.42. The number of fused-ring (bicyclic) bond motifs is 9. The van der Waals surface area contributed by atoms with Crippen LogP contribution in [0.5, 0.6) is 0 Å². The zero-order valence-electron chi connectivity index (χ0n) is 23.1. The molecule has 0 radical (unpaired) electrons. The molecule has 0 heteroatoms. The van der Waals surface area contributed by atoms with Crippen LogP contribution in [0.1, 0.15) is 37.8 Å². The van der Waals surface area contributed by atoms with Crippen molar-refractivity contribution in [3.05, 3.63) is 108 Å². The Morgan fingerprint density at radius 2 is 0.850 bits per heavy atom. The van der Waals surface area contributed by atoms with E-state index >= 15 is 0 Å². The molecule has 9 rings (SSSR count). The number of benzene rings is 7. The highest BCUT2D eigenvalue weighted by atomic mass is 14.3. The van der Waals surface area contributed by atoms with Crippen LogP contribution in [0.15, 0.2) is 97.1 Å². The van der Waals surface area contributed by atoms with E-state index in [2.05, 4.69) is 111 Å². The van der Waals surface area contributed by atoms with Crippen molar-refractivity contribution in [2.45, 2.75) is 39.5 Å². The molecule has 0 heterocycles. The van der Waals surface area contributed by atoms with Gasteiger partial charge in [-0.1, -0.05) is 106 Å². The van der Waals surface area contributed by atoms with Crippen LogP contribution < -0.4 is 0 Å². The van der Waals surface area contributed by atoms with Gasteiger partial charge in [0.2, 0.25) is 0 Å². The van der Waals surface area contributed by atoms with E-state index in [-0.39, 0.29) is 0 Å². The van der Waals surface area contributed by atoms with Crippen molar-refractivity contribution in [2.75, 3.05) is 0 Å². The highest BCUT2D eigenvalue weighted by Crippen LogP contribution is 2.49. The van der Waals surface area contributed by atoms with Gasteiger partial charge in [0.1, 0.15) is 0 Å². The summed E-state index contributed by atoms with van der Waals surface area (Å²) in [6.45, 7) is 4.67. The smallest absolute Gasteiger partial charge is 0.00197 e. The Kier molecular flexibility index (Phi) is 4.51. The fourth-order valence-electron chi connectivity index (χ4n) is 8.09. The molecular formula is C40H30. The highest BCUT2D eigenvalue weighted by Gasteiger charge is 2.23. The molecule has 0 atom stereocenters. The minimum absolute atomic E-state index is 1.09. The first-order valence-corrected chi connectivity index (χ1v) is 14.9. The fraction of sp³-hybridized carbons (Fsp3) is 0.150. The lowest BCUT2D eigenvalue weighted by atomic mass is 9.87. The molecule has 0 aliphatic carbocycles. The molecule has 0 aliphatic heterocycles. The van der Waals surface area contributed by atoms with Gasteiger partial charge in [-0.25, -0.2) is 0 Å². The van der Waals surface area contributed by atoms with Gasteiger partial charge in [-0.05, 0) is 128 Å². The van der Waals surface area contributed by atoms with Gasteiger partial charge in [0.15, 0.2) is 0 Å². The van der Waals surface area contributed by atoms with Crippen LogP contribution in [-0.2, 0) is 12.8 Å². The molecular weight excluding hydrogens is 480 g/mol. The first kappa shape index (κ1) is 22.4. The molecule has 0 bridgehead atoms. The number of hydrogen-bond acceptors (Lipinski definition) is 0. The van der Waals surface area contributed by atoms with Gasteiger partial charge >= 0.3 is 0 Å². The van der Waals surface area contributed by atoms with Crippen LogP contribution in [-0.4, -0.2) is 0 Å². The summed E-state index contributed by atoms with van der Waals surface area (Å²) < 4.78 is 0. The van der Waals surface area contributed by atoms with Gasteiger partial charge in [0.05, 0.1) is 0 Å². The minimum Gasteiger partial charge on any atom is -0.0651 e. The highest BCUT2D eigenvalue weighted by molar-refractivity contribution is 6.39. The van der Waals surface area contributed by atoms with Gasteiger partial charge in [-0.3, -0.25) is 0 Å². The van der Waals surface area contributed by atoms with Crippen molar-refractivity contribution in [2.24, 2.45) is 0 Å². The van der Waals surface area contributed by atoms with Crippen molar-refractivity contribution in [3.63, 3.8) is 0 Å². The lowest BCUT2D eigenvalue weighted by molar-refractivity contribution is 0.928. The number of rotatable bonds is 4. The number of hydrogen-bond donors (Lipinski definition) is 0. The standard InChI is InChI=1S/C40H30/c1-3-10-26-32-21-34-29-16-7-13-23-14-8-17-30(37(23)29)35(34)22-33(32)27(11-4-2)40-36-20-24-12-5-6-15-25(24)28-18-9-19-31(38(28)36)39(26)40/h5-9,12-22H,3-4,10-11H2,1-2H3. The van der Waals surface area contributed by atoms with Crippen molar-refractivity contribution in [1.82, 2.24) is 0 Å². The second kappa shape index (κ2) is 8.05. The predicted molar refractivity (Wildman–Crippen MR) is 177 cm³/mol. The topological polar surface area (TPSA) is 0 Å². The van der Waals surface area contributed by atoms with E-state index in [1.165, 1.54) is 97.3 Å². The van der Waals surface area contributed by atoms with E-state index in [4.69, 9.17) is 0 Å². The molecule has 0 aromatic heterocycles. The molecule has 9 aromatic rings. The van der Waals surface area contributed by atoms with E-state index in [1.54, 1.807) is 0 Å². The lowest BCUT2D eigenvalue weighted by Crippen LogP contribution is -1.95. The van der Waals surface area contributed by atoms with Crippen LogP contribution >= 0.6 is 0 Å². The Morgan fingerprint density at radius 1 is 0.350 bits per heavy atom. The van der Waals surface area contributed by atoms with Crippen molar-refractivity contribution < 1.29 is 0 Å². The van der Waals surface area contributed by atoms with E-state index in [0.717, 1.165) is 25.7 Å². The molecule has 0 saturated heterocycles. The maximum absolute atomic E-state index is 2.56. The average molecular weight is 511 g/mol. The molecule has 0 amide bonds. The summed E-state index contributed by atoms with van der Waals surface area (Å²) in [5.41, 5.74) is 3.07. The fourth-order valence-corrected chi connectivity index (χ4v) is 8.09. The molecule has 190 valence electrons. The van der Waals surface area contributed by atoms with Crippen molar-refractivity contribution in [3.8, 4) is 0 Å². The molecule has 0 saturated carbocycles. The van der Waals surface area contributed by atoms with Gasteiger partial charge < -0.3 is 0 Å². The molecule has 0 spiro atoms. The molecule has 0 unspecified atom stereocenters.